The molecule has 18 atom stereocenters. The van der Waals surface area contributed by atoms with Gasteiger partial charge in [-0.1, -0.05) is 46.3 Å². The van der Waals surface area contributed by atoms with Crippen LogP contribution in [0, 0.1) is 62.1 Å². The Morgan fingerprint density at radius 1 is 0.981 bits per heavy atom. The smallest absolute Gasteiger partial charge is 0.310 e. The van der Waals surface area contributed by atoms with E-state index in [1.807, 2.05) is 6.92 Å². The molecule has 18 unspecified atom stereocenters. The molecule has 6 fully saturated rings. The fourth-order valence-corrected chi connectivity index (χ4v) is 14.1. The lowest BCUT2D eigenvalue weighted by Gasteiger charge is -2.74. The predicted molar refractivity (Wildman–Crippen MR) is 194 cm³/mol. The summed E-state index contributed by atoms with van der Waals surface area (Å²) in [5.74, 6) is -1.94. The zero-order valence-corrected chi connectivity index (χ0v) is 32.6. The summed E-state index contributed by atoms with van der Waals surface area (Å²) in [6.07, 6.45) is -1.65. The minimum atomic E-state index is -1.63. The van der Waals surface area contributed by atoms with Crippen molar-refractivity contribution in [3.63, 3.8) is 0 Å². The molecule has 2 saturated heterocycles. The summed E-state index contributed by atoms with van der Waals surface area (Å²) in [7, 11) is 0. The lowest BCUT2D eigenvalue weighted by Crippen LogP contribution is -2.74. The Kier molecular flexibility index (Phi) is 10.3. The highest BCUT2D eigenvalue weighted by Gasteiger charge is 2.74. The lowest BCUT2D eigenvalue weighted by molar-refractivity contribution is -0.348. The number of hydrogen-bond donors (Lipinski definition) is 9. The van der Waals surface area contributed by atoms with Crippen LogP contribution in [0.5, 0.6) is 0 Å². The number of hydrogen-bond acceptors (Lipinski definition) is 11. The molecule has 9 N–H and O–H groups in total. The van der Waals surface area contributed by atoms with E-state index in [-0.39, 0.29) is 53.6 Å². The number of allylic oxidation sites excluding steroid dienone is 2. The molecule has 0 spiro atoms. The third-order valence-corrected chi connectivity index (χ3v) is 17.6. The molecule has 5 aliphatic carbocycles. The monoisotopic (exact) mass is 763 g/mol. The molecule has 306 valence electrons. The molecule has 4 saturated carbocycles. The summed E-state index contributed by atoms with van der Waals surface area (Å²) >= 11 is 0. The minimum absolute atomic E-state index is 0.00158. The summed E-state index contributed by atoms with van der Waals surface area (Å²) in [5, 5.41) is 91.2. The van der Waals surface area contributed by atoms with Crippen molar-refractivity contribution in [3.05, 3.63) is 11.6 Å². The van der Waals surface area contributed by atoms with E-state index >= 15 is 0 Å². The molecule has 0 aromatic heterocycles. The van der Waals surface area contributed by atoms with Gasteiger partial charge in [0.1, 0.15) is 18.3 Å². The maximum Gasteiger partial charge on any atom is 0.310 e. The molecule has 54 heavy (non-hydrogen) atoms. The van der Waals surface area contributed by atoms with Crippen LogP contribution < -0.4 is 5.32 Å². The topological polar surface area (TPSA) is 226 Å². The van der Waals surface area contributed by atoms with Crippen molar-refractivity contribution in [3.8, 4) is 0 Å². The number of nitrogens with one attached hydrogen (secondary N) is 1. The zero-order valence-electron chi connectivity index (χ0n) is 32.6. The molecular weight excluding hydrogens is 698 g/mol. The van der Waals surface area contributed by atoms with Crippen LogP contribution in [0.4, 0.5) is 0 Å². The minimum Gasteiger partial charge on any atom is -0.481 e. The fraction of sp³-hybridized carbons (Fsp3) is 0.902. The molecule has 0 aromatic carbocycles. The Morgan fingerprint density at radius 2 is 1.69 bits per heavy atom. The number of aliphatic carboxylic acids is 1. The number of carbonyl (C=O) groups excluding carboxylic acids is 1. The molecule has 1 amide bonds. The van der Waals surface area contributed by atoms with E-state index in [0.29, 0.717) is 64.3 Å². The Labute approximate surface area is 318 Å². The molecule has 13 heteroatoms. The van der Waals surface area contributed by atoms with Gasteiger partial charge in [0.25, 0.3) is 0 Å². The van der Waals surface area contributed by atoms with Crippen LogP contribution in [0.25, 0.3) is 0 Å². The van der Waals surface area contributed by atoms with Crippen molar-refractivity contribution < 1.29 is 59.9 Å². The van der Waals surface area contributed by atoms with Crippen molar-refractivity contribution in [2.45, 2.75) is 142 Å². The van der Waals surface area contributed by atoms with Gasteiger partial charge in [-0.15, -0.1) is 0 Å². The van der Waals surface area contributed by atoms with E-state index in [4.69, 9.17) is 9.47 Å². The number of carboxylic acids is 1. The number of aliphatic hydroxyl groups excluding tert-OH is 7. The van der Waals surface area contributed by atoms with Gasteiger partial charge < -0.3 is 55.6 Å². The van der Waals surface area contributed by atoms with Crippen molar-refractivity contribution in [1.29, 1.82) is 0 Å². The SMILES string of the molecule is CC1(CO)CCC2(C(=O)O)CCC3(C)C(=CCC4C5(C)C(CC6CNC(=O)C6)C(O)C(OC6OCC(O)C(O)C6O)C(C)(C(O)CO)C5CCC43C)C2C1. The first-order valence-corrected chi connectivity index (χ1v) is 20.4. The molecule has 2 heterocycles. The summed E-state index contributed by atoms with van der Waals surface area (Å²) in [6.45, 7) is 10.3. The van der Waals surface area contributed by atoms with Crippen molar-refractivity contribution in [1.82, 2.24) is 5.32 Å². The number of carbonyl (C=O) groups is 2. The fourth-order valence-electron chi connectivity index (χ4n) is 14.1. The quantitative estimate of drug-likeness (QED) is 0.127. The van der Waals surface area contributed by atoms with E-state index < -0.39 is 83.1 Å². The molecule has 0 radical (unpaired) electrons. The highest BCUT2D eigenvalue weighted by molar-refractivity contribution is 5.78. The van der Waals surface area contributed by atoms with Gasteiger partial charge in [-0.05, 0) is 109 Å². The van der Waals surface area contributed by atoms with Gasteiger partial charge in [0.05, 0.1) is 36.9 Å². The zero-order chi connectivity index (χ0) is 39.4. The second kappa shape index (κ2) is 13.7. The molecule has 7 rings (SSSR count). The lowest BCUT2D eigenvalue weighted by atomic mass is 9.31. The molecule has 0 aromatic rings. The molecule has 13 nitrogen and oxygen atoms in total. The van der Waals surface area contributed by atoms with E-state index in [2.05, 4.69) is 39.1 Å². The Hall–Kier alpha value is -1.68. The Morgan fingerprint density at radius 3 is 2.31 bits per heavy atom. The summed E-state index contributed by atoms with van der Waals surface area (Å²) in [6, 6.07) is 0. The number of aliphatic hydroxyl groups is 7. The third-order valence-electron chi connectivity index (χ3n) is 17.6. The standard InChI is InChI=1S/C41H65NO12/c1-36(20-44)10-12-41(35(51)52)13-11-37(2)22(24(41)16-36)6-7-26-38(37,3)9-8-27-39(26,4)23(14-21-15-29(47)42-17-21)30(48)33(40(27,5)28(46)18-43)54-34-32(50)31(49)25(45)19-53-34/h6,21,23-28,30-34,43-46,48-50H,7-20H2,1-5H3,(H,42,47)(H,51,52). The van der Waals surface area contributed by atoms with Gasteiger partial charge in [0, 0.05) is 25.0 Å². The summed E-state index contributed by atoms with van der Waals surface area (Å²) in [5.41, 5.74) is -2.78. The first kappa shape index (κ1) is 40.5. The second-order valence-corrected chi connectivity index (χ2v) is 19.9. The van der Waals surface area contributed by atoms with Crippen LogP contribution in [0.2, 0.25) is 0 Å². The van der Waals surface area contributed by atoms with Gasteiger partial charge in [0.15, 0.2) is 6.29 Å². The van der Waals surface area contributed by atoms with Crippen molar-refractivity contribution in [2.75, 3.05) is 26.4 Å². The Balaban J connectivity index is 1.34. The average molecular weight is 764 g/mol. The van der Waals surface area contributed by atoms with E-state index in [0.717, 1.165) is 6.42 Å². The summed E-state index contributed by atoms with van der Waals surface area (Å²) in [4.78, 5) is 25.7. The van der Waals surface area contributed by atoms with Gasteiger partial charge >= 0.3 is 5.97 Å². The van der Waals surface area contributed by atoms with E-state index in [1.54, 1.807) is 0 Å². The van der Waals surface area contributed by atoms with Gasteiger partial charge in [-0.2, -0.15) is 0 Å². The van der Waals surface area contributed by atoms with Gasteiger partial charge in [-0.25, -0.2) is 0 Å². The number of carboxylic acid groups (broad SMARTS) is 1. The van der Waals surface area contributed by atoms with Crippen molar-refractivity contribution >= 4 is 11.9 Å². The number of ether oxygens (including phenoxy) is 2. The normalized spacial score (nSPS) is 53.6. The van der Waals surface area contributed by atoms with Crippen LogP contribution in [0.15, 0.2) is 11.6 Å². The van der Waals surface area contributed by atoms with Gasteiger partial charge in [-0.3, -0.25) is 9.59 Å². The molecule has 2 aliphatic heterocycles. The van der Waals surface area contributed by atoms with E-state index in [9.17, 15) is 50.4 Å². The molecule has 0 bridgehead atoms. The molecular formula is C41H65NO12. The molecule has 7 aliphatic rings. The first-order chi connectivity index (χ1) is 25.3. The maximum absolute atomic E-state index is 13.2. The van der Waals surface area contributed by atoms with Crippen molar-refractivity contribution in [2.24, 2.45) is 62.1 Å². The third kappa shape index (κ3) is 5.56. The van der Waals surface area contributed by atoms with Crippen LogP contribution in [-0.4, -0.2) is 122 Å². The first-order valence-electron chi connectivity index (χ1n) is 20.4. The van der Waals surface area contributed by atoms with Gasteiger partial charge in [0.2, 0.25) is 5.91 Å². The highest BCUT2D eigenvalue weighted by Crippen LogP contribution is 2.77. The highest BCUT2D eigenvalue weighted by atomic mass is 16.7. The van der Waals surface area contributed by atoms with Crippen LogP contribution in [0.3, 0.4) is 0 Å². The van der Waals surface area contributed by atoms with Crippen LogP contribution in [-0.2, 0) is 19.1 Å². The second-order valence-electron chi connectivity index (χ2n) is 19.9. The van der Waals surface area contributed by atoms with Crippen LogP contribution >= 0.6 is 0 Å². The van der Waals surface area contributed by atoms with Crippen LogP contribution in [0.1, 0.15) is 98.8 Å². The summed E-state index contributed by atoms with van der Waals surface area (Å²) < 4.78 is 12.2. The maximum atomic E-state index is 13.2. The number of rotatable bonds is 8. The largest absolute Gasteiger partial charge is 0.481 e. The average Bonchev–Trinajstić information content (AvgIpc) is 3.55. The predicted octanol–water partition coefficient (Wildman–Crippen LogP) is 1.73. The number of fused-ring (bicyclic) bond motifs is 7. The Bertz CT molecular complexity index is 1510. The van der Waals surface area contributed by atoms with E-state index in [1.165, 1.54) is 5.57 Å². The number of amides is 1.